The van der Waals surface area contributed by atoms with Crippen LogP contribution in [0, 0.1) is 5.41 Å². The predicted octanol–water partition coefficient (Wildman–Crippen LogP) is 5.94. The van der Waals surface area contributed by atoms with Gasteiger partial charge in [-0.2, -0.15) is 0 Å². The average molecular weight is 412 g/mol. The van der Waals surface area contributed by atoms with Crippen LogP contribution in [-0.2, 0) is 9.53 Å². The first kappa shape index (κ1) is 19.6. The molecule has 156 valence electrons. The molecule has 0 unspecified atom stereocenters. The minimum Gasteiger partial charge on any atom is -0.465 e. The maximum absolute atomic E-state index is 13.5. The highest BCUT2D eigenvalue weighted by atomic mass is 16.5. The van der Waals surface area contributed by atoms with E-state index in [0.29, 0.717) is 12.0 Å². The Bertz CT molecular complexity index is 1250. The maximum Gasteiger partial charge on any atom is 0.337 e. The van der Waals surface area contributed by atoms with Crippen molar-refractivity contribution in [1.29, 1.82) is 0 Å². The van der Waals surface area contributed by atoms with Crippen LogP contribution in [0.3, 0.4) is 0 Å². The number of methoxy groups -OCH3 is 1. The molecular formula is C27H25NO3. The number of fused-ring (bicyclic) bond motifs is 4. The Morgan fingerprint density at radius 1 is 1.00 bits per heavy atom. The lowest BCUT2D eigenvalue weighted by molar-refractivity contribution is -0.116. The van der Waals surface area contributed by atoms with Crippen LogP contribution >= 0.6 is 0 Å². The smallest absolute Gasteiger partial charge is 0.337 e. The molecule has 0 fully saturated rings. The molecule has 0 radical (unpaired) electrons. The number of hydrogen-bond donors (Lipinski definition) is 1. The molecule has 1 aliphatic carbocycles. The Balaban J connectivity index is 1.71. The molecule has 0 saturated heterocycles. The summed E-state index contributed by atoms with van der Waals surface area (Å²) in [5.41, 5.74) is 5.46. The average Bonchev–Trinajstić information content (AvgIpc) is 2.77. The van der Waals surface area contributed by atoms with Gasteiger partial charge in [0.25, 0.3) is 0 Å². The molecule has 0 saturated carbocycles. The molecule has 4 nitrogen and oxygen atoms in total. The zero-order valence-corrected chi connectivity index (χ0v) is 18.0. The molecule has 1 N–H and O–H groups in total. The summed E-state index contributed by atoms with van der Waals surface area (Å²) in [6.45, 7) is 4.31. The molecule has 0 aromatic heterocycles. The Hall–Kier alpha value is -3.40. The van der Waals surface area contributed by atoms with E-state index in [2.05, 4.69) is 43.4 Å². The first-order valence-corrected chi connectivity index (χ1v) is 10.6. The van der Waals surface area contributed by atoms with Crippen molar-refractivity contribution >= 4 is 33.8 Å². The fraction of sp³-hybridized carbons (Fsp3) is 0.259. The number of carbonyl (C=O) groups is 2. The summed E-state index contributed by atoms with van der Waals surface area (Å²) < 4.78 is 4.83. The fourth-order valence-corrected chi connectivity index (χ4v) is 5.03. The van der Waals surface area contributed by atoms with Crippen molar-refractivity contribution in [2.75, 3.05) is 12.4 Å². The fourth-order valence-electron chi connectivity index (χ4n) is 5.03. The van der Waals surface area contributed by atoms with Gasteiger partial charge < -0.3 is 10.1 Å². The van der Waals surface area contributed by atoms with Gasteiger partial charge in [-0.3, -0.25) is 4.79 Å². The second-order valence-electron chi connectivity index (χ2n) is 9.24. The van der Waals surface area contributed by atoms with E-state index in [9.17, 15) is 9.59 Å². The number of ether oxygens (including phenoxy) is 1. The number of hydrogen-bond acceptors (Lipinski definition) is 4. The lowest BCUT2D eigenvalue weighted by Gasteiger charge is -2.40. The monoisotopic (exact) mass is 411 g/mol. The SMILES string of the molecule is COC(=O)c1ccc([C@@H]2Nc3ccc4ccccc4c3C3=C2CC(C)(C)CC3=O)cc1. The van der Waals surface area contributed by atoms with E-state index in [1.165, 1.54) is 7.11 Å². The standard InChI is InChI=1S/C27H25NO3/c1-27(2)14-20-24(22(29)15-27)23-19-7-5-4-6-16(19)12-13-21(23)28-25(20)17-8-10-18(11-9-17)26(30)31-3/h4-13,25,28H,14-15H2,1-3H3/t25-/m0/s1. The Kier molecular flexibility index (Phi) is 4.47. The molecule has 3 aromatic carbocycles. The van der Waals surface area contributed by atoms with Crippen LogP contribution in [0.25, 0.3) is 16.3 Å². The largest absolute Gasteiger partial charge is 0.465 e. The minimum atomic E-state index is -0.353. The van der Waals surface area contributed by atoms with Crippen molar-refractivity contribution in [2.45, 2.75) is 32.7 Å². The zero-order chi connectivity index (χ0) is 21.8. The van der Waals surface area contributed by atoms with E-state index in [4.69, 9.17) is 4.74 Å². The first-order chi connectivity index (χ1) is 14.9. The summed E-state index contributed by atoms with van der Waals surface area (Å²) in [6.07, 6.45) is 1.38. The van der Waals surface area contributed by atoms with Gasteiger partial charge in [0.05, 0.1) is 18.7 Å². The number of esters is 1. The Morgan fingerprint density at radius 2 is 1.74 bits per heavy atom. The van der Waals surface area contributed by atoms with Crippen molar-refractivity contribution in [3.8, 4) is 0 Å². The minimum absolute atomic E-state index is 0.0934. The molecule has 0 amide bonds. The normalized spacial score (nSPS) is 19.5. The van der Waals surface area contributed by atoms with Crippen molar-refractivity contribution in [1.82, 2.24) is 0 Å². The van der Waals surface area contributed by atoms with Crippen molar-refractivity contribution < 1.29 is 14.3 Å². The van der Waals surface area contributed by atoms with Gasteiger partial charge in [0.1, 0.15) is 0 Å². The first-order valence-electron chi connectivity index (χ1n) is 10.6. The highest BCUT2D eigenvalue weighted by molar-refractivity contribution is 6.28. The summed E-state index contributed by atoms with van der Waals surface area (Å²) in [4.78, 5) is 25.3. The third-order valence-corrected chi connectivity index (χ3v) is 6.40. The number of allylic oxidation sites excluding steroid dienone is 1. The summed E-state index contributed by atoms with van der Waals surface area (Å²) in [6, 6.07) is 19.8. The third kappa shape index (κ3) is 3.23. The second-order valence-corrected chi connectivity index (χ2v) is 9.24. The highest BCUT2D eigenvalue weighted by Crippen LogP contribution is 2.51. The Labute approximate surface area is 181 Å². The number of carbonyl (C=O) groups excluding carboxylic acids is 2. The maximum atomic E-state index is 13.5. The summed E-state index contributed by atoms with van der Waals surface area (Å²) >= 11 is 0. The molecule has 2 aliphatic rings. The van der Waals surface area contributed by atoms with E-state index in [0.717, 1.165) is 45.2 Å². The van der Waals surface area contributed by atoms with Gasteiger partial charge >= 0.3 is 5.97 Å². The molecule has 3 aromatic rings. The van der Waals surface area contributed by atoms with Crippen LogP contribution in [0.5, 0.6) is 0 Å². The highest BCUT2D eigenvalue weighted by Gasteiger charge is 2.40. The number of Topliss-reactive ketones (excluding diaryl/α,β-unsaturated/α-hetero) is 1. The van der Waals surface area contributed by atoms with E-state index >= 15 is 0 Å². The van der Waals surface area contributed by atoms with E-state index < -0.39 is 0 Å². The van der Waals surface area contributed by atoms with Crippen LogP contribution in [-0.4, -0.2) is 18.9 Å². The van der Waals surface area contributed by atoms with Crippen molar-refractivity contribution in [3.05, 3.63) is 82.9 Å². The second kappa shape index (κ2) is 7.09. The molecule has 1 heterocycles. The van der Waals surface area contributed by atoms with Gasteiger partial charge in [0, 0.05) is 23.2 Å². The van der Waals surface area contributed by atoms with E-state index in [-0.39, 0.29) is 23.2 Å². The van der Waals surface area contributed by atoms with Gasteiger partial charge in [0.15, 0.2) is 5.78 Å². The Morgan fingerprint density at radius 3 is 2.48 bits per heavy atom. The topological polar surface area (TPSA) is 55.4 Å². The molecule has 0 bridgehead atoms. The number of ketones is 1. The number of nitrogens with one attached hydrogen (secondary N) is 1. The molecule has 31 heavy (non-hydrogen) atoms. The molecule has 5 rings (SSSR count). The third-order valence-electron chi connectivity index (χ3n) is 6.40. The molecular weight excluding hydrogens is 386 g/mol. The quantitative estimate of drug-likeness (QED) is 0.531. The van der Waals surface area contributed by atoms with Gasteiger partial charge in [-0.15, -0.1) is 0 Å². The van der Waals surface area contributed by atoms with Crippen LogP contribution in [0.4, 0.5) is 5.69 Å². The molecule has 4 heteroatoms. The lowest BCUT2D eigenvalue weighted by atomic mass is 9.68. The molecule has 1 atom stereocenters. The van der Waals surface area contributed by atoms with Crippen LogP contribution in [0.15, 0.2) is 66.2 Å². The molecule has 0 spiro atoms. The number of benzene rings is 3. The summed E-state index contributed by atoms with van der Waals surface area (Å²) in [5, 5.41) is 5.94. The zero-order valence-electron chi connectivity index (χ0n) is 18.0. The number of rotatable bonds is 2. The van der Waals surface area contributed by atoms with Crippen LogP contribution in [0.1, 0.15) is 54.2 Å². The van der Waals surface area contributed by atoms with Gasteiger partial charge in [-0.05, 0) is 51.9 Å². The van der Waals surface area contributed by atoms with E-state index in [1.54, 1.807) is 12.1 Å². The lowest BCUT2D eigenvalue weighted by Crippen LogP contribution is -2.32. The molecule has 1 aliphatic heterocycles. The van der Waals surface area contributed by atoms with Crippen molar-refractivity contribution in [2.24, 2.45) is 5.41 Å². The number of anilines is 1. The van der Waals surface area contributed by atoms with Crippen molar-refractivity contribution in [3.63, 3.8) is 0 Å². The summed E-state index contributed by atoms with van der Waals surface area (Å²) in [5.74, 6) is -0.143. The van der Waals surface area contributed by atoms with Gasteiger partial charge in [-0.1, -0.05) is 56.3 Å². The van der Waals surface area contributed by atoms with E-state index in [1.807, 2.05) is 24.3 Å². The van der Waals surface area contributed by atoms with Crippen LogP contribution < -0.4 is 5.32 Å². The van der Waals surface area contributed by atoms with Gasteiger partial charge in [0.2, 0.25) is 0 Å². The predicted molar refractivity (Wildman–Crippen MR) is 123 cm³/mol. The van der Waals surface area contributed by atoms with Gasteiger partial charge in [-0.25, -0.2) is 4.79 Å². The van der Waals surface area contributed by atoms with Crippen LogP contribution in [0.2, 0.25) is 0 Å². The summed E-state index contributed by atoms with van der Waals surface area (Å²) in [7, 11) is 1.38.